The minimum atomic E-state index is -3.80. The number of aliphatic hydroxyl groups excluding tert-OH is 1. The second kappa shape index (κ2) is 55.5. The van der Waals surface area contributed by atoms with E-state index in [-0.39, 0.29) is 104 Å². The lowest BCUT2D eigenvalue weighted by atomic mass is 9.99. The van der Waals surface area contributed by atoms with Crippen molar-refractivity contribution in [1.29, 1.82) is 10.5 Å². The van der Waals surface area contributed by atoms with Crippen molar-refractivity contribution < 1.29 is 103 Å². The molecule has 0 heterocycles. The van der Waals surface area contributed by atoms with E-state index in [1.807, 2.05) is 60.7 Å². The fourth-order valence-electron chi connectivity index (χ4n) is 13.4. The van der Waals surface area contributed by atoms with E-state index in [2.05, 4.69) is 49.6 Å². The molecule has 35 nitrogen and oxygen atoms in total. The predicted octanol–water partition coefficient (Wildman–Crippen LogP) is 15.9. The van der Waals surface area contributed by atoms with Crippen molar-refractivity contribution in [3.8, 4) is 17.9 Å². The highest BCUT2D eigenvalue weighted by atomic mass is 32.2. The molecule has 13 aromatic rings. The van der Waals surface area contributed by atoms with Crippen LogP contribution in [0.4, 0.5) is 56.9 Å². The predicted molar refractivity (Wildman–Crippen MR) is 567 cm³/mol. The van der Waals surface area contributed by atoms with Crippen LogP contribution in [-0.4, -0.2) is 169 Å². The van der Waals surface area contributed by atoms with Gasteiger partial charge in [-0.25, -0.2) is 50.5 Å². The summed E-state index contributed by atoms with van der Waals surface area (Å²) in [6, 6.07) is 90.9. The van der Waals surface area contributed by atoms with Gasteiger partial charge in [-0.15, -0.1) is 0 Å². The number of ether oxygens (including phenoxy) is 3. The molecule has 0 atom stereocenters. The van der Waals surface area contributed by atoms with E-state index in [1.54, 1.807) is 233 Å². The van der Waals surface area contributed by atoms with Crippen molar-refractivity contribution in [1.82, 2.24) is 0 Å². The minimum absolute atomic E-state index is 0.0709. The van der Waals surface area contributed by atoms with E-state index in [9.17, 15) is 84.1 Å². The van der Waals surface area contributed by atoms with E-state index in [0.29, 0.717) is 81.6 Å². The standard InChI is InChI=1S/C22H22N2O4S.C18H21NO4S.C17H20N2O4S.C17H17NO4S.C16H15N3O4S.C15H13N3O3S/c1-28-16-15-17-11-13-18(14-12-17)23-22(25)20-9-5-6-10-21(20)24-29(26,27)19-7-3-2-4-8-19;1-24(22,23)19-17-7-3-2-6-16(17)18(21)13-15-10-8-14(9-11-15)5-4-12-20;1-23-12-11-13-7-9-14(10-8-13)18-17(20)15-5-3-4-6-16(15)19-24(2,21)22;1-12(19)14-7-5-6-13(10-14)11-17(20)15-8-3-4-9-16(15)18-23(2,21)22;1-23-15-8-7-12(9-11(15)10-17)18-16(20)13-5-3-4-6-14(13)19-24(2,21)22;1-22(20,21)18-14-8-3-2-7-13(14)15(19)17-12-6-4-5-11(9-12)10-16/h2-14,24H,15-16H2,1H3,(H,23,25);2-3,6-11,19-20H,4-5,12-13H2,1H3;3-10,19H,11-12H2,1-2H3,(H,18,20);3-10,18H,11H2,1-2H3;3-9,19H,1-2H3,(H,18,20);2-9,18H,1H3,(H,17,19). The van der Waals surface area contributed by atoms with Crippen LogP contribution in [0.5, 0.6) is 5.75 Å². The molecule has 11 N–H and O–H groups in total. The highest BCUT2D eigenvalue weighted by Crippen LogP contribution is 2.29. The summed E-state index contributed by atoms with van der Waals surface area (Å²) in [6.45, 7) is 2.88. The van der Waals surface area contributed by atoms with Crippen LogP contribution in [0.3, 0.4) is 0 Å². The zero-order valence-corrected chi connectivity index (χ0v) is 85.6. The number of carbonyl (C=O) groups is 7. The van der Waals surface area contributed by atoms with Crippen LogP contribution in [0.25, 0.3) is 0 Å². The number of para-hydroxylation sites is 6. The summed E-state index contributed by atoms with van der Waals surface area (Å²) in [4.78, 5) is 86.4. The van der Waals surface area contributed by atoms with Crippen molar-refractivity contribution in [2.75, 3.05) is 122 Å². The molecule has 13 aromatic carbocycles. The molecule has 13 rings (SSSR count). The van der Waals surface area contributed by atoms with Crippen molar-refractivity contribution in [3.05, 3.63) is 393 Å². The Morgan fingerprint density at radius 1 is 0.315 bits per heavy atom. The molecular formula is C105H108N12O23S6. The first kappa shape index (κ1) is 115. The summed E-state index contributed by atoms with van der Waals surface area (Å²) in [6.07, 6.45) is 8.52. The summed E-state index contributed by atoms with van der Waals surface area (Å²) in [5.41, 5.74) is 11.1. The number of nitrogens with zero attached hydrogens (tertiary/aromatic N) is 2. The average molecular weight is 2100 g/mol. The maximum atomic E-state index is 12.7. The Bertz CT molecular complexity index is 7470. The van der Waals surface area contributed by atoms with E-state index in [4.69, 9.17) is 29.8 Å². The third-order valence-corrected chi connectivity index (χ3v) is 24.4. The summed E-state index contributed by atoms with van der Waals surface area (Å²) in [5.74, 6) is -1.81. The number of anilines is 10. The van der Waals surface area contributed by atoms with Crippen LogP contribution in [0.15, 0.2) is 320 Å². The Hall–Kier alpha value is -16.1. The fourth-order valence-corrected chi connectivity index (χ4v) is 17.4. The molecule has 41 heteroatoms. The number of carbonyl (C=O) groups excluding carboxylic acids is 7. The molecule has 0 aliphatic heterocycles. The Morgan fingerprint density at radius 3 is 1.00 bits per heavy atom. The number of aryl methyl sites for hydroxylation is 1. The monoisotopic (exact) mass is 2100 g/mol. The van der Waals surface area contributed by atoms with Gasteiger partial charge in [0.05, 0.1) is 130 Å². The Morgan fingerprint density at radius 2 is 0.637 bits per heavy atom. The quantitative estimate of drug-likeness (QED) is 0.0160. The normalized spacial score (nSPS) is 10.9. The molecule has 0 saturated carbocycles. The third kappa shape index (κ3) is 40.0. The van der Waals surface area contributed by atoms with Crippen molar-refractivity contribution in [2.45, 2.75) is 50.3 Å². The second-order valence-electron chi connectivity index (χ2n) is 32.1. The zero-order valence-electron chi connectivity index (χ0n) is 80.7. The van der Waals surface area contributed by atoms with Gasteiger partial charge in [-0.1, -0.05) is 164 Å². The van der Waals surface area contributed by atoms with E-state index in [0.717, 1.165) is 72.8 Å². The zero-order chi connectivity index (χ0) is 107. The number of amides is 4. The number of hydrogen-bond acceptors (Lipinski definition) is 25. The van der Waals surface area contributed by atoms with E-state index >= 15 is 0 Å². The summed E-state index contributed by atoms with van der Waals surface area (Å²) in [5, 5.41) is 37.6. The largest absolute Gasteiger partial charge is 0.495 e. The van der Waals surface area contributed by atoms with Gasteiger partial charge in [0.1, 0.15) is 11.8 Å². The molecule has 0 bridgehead atoms. The number of ketones is 3. The summed E-state index contributed by atoms with van der Waals surface area (Å²) < 4.78 is 168. The second-order valence-corrected chi connectivity index (χ2v) is 42.5. The molecule has 0 aliphatic carbocycles. The SMILES string of the molecule is CC(=O)c1cccc(CC(=O)c2ccccc2NS(C)(=O)=O)c1.COCCc1ccc(NC(=O)c2ccccc2NS(=O)(=O)c2ccccc2)cc1.COCCc1ccc(NC(=O)c2ccccc2NS(C)(=O)=O)cc1.COc1ccc(NC(=O)c2ccccc2NS(C)(=O)=O)cc1C#N.CS(=O)(=O)Nc1ccccc1C(=O)Cc1ccc(CCCO)cc1.CS(=O)(=O)Nc1ccccc1C(=O)Nc1cccc(C#N)c1. The van der Waals surface area contributed by atoms with E-state index in [1.165, 1.54) is 62.6 Å². The first-order chi connectivity index (χ1) is 69.2. The maximum absolute atomic E-state index is 12.7. The number of nitrogens with one attached hydrogen (secondary N) is 10. The Kier molecular flexibility index (Phi) is 43.8. The molecule has 0 saturated heterocycles. The lowest BCUT2D eigenvalue weighted by Gasteiger charge is -2.13. The number of aliphatic hydroxyl groups is 1. The van der Waals surface area contributed by atoms with Gasteiger partial charge in [0.2, 0.25) is 50.1 Å². The van der Waals surface area contributed by atoms with Crippen LogP contribution in [0.2, 0.25) is 0 Å². The van der Waals surface area contributed by atoms with Crippen LogP contribution in [0.1, 0.15) is 125 Å². The van der Waals surface area contributed by atoms with Crippen molar-refractivity contribution in [2.24, 2.45) is 0 Å². The molecular weight excluding hydrogens is 1990 g/mol. The highest BCUT2D eigenvalue weighted by Gasteiger charge is 2.24. The lowest BCUT2D eigenvalue weighted by Crippen LogP contribution is -2.18. The first-order valence-corrected chi connectivity index (χ1v) is 55.1. The number of Topliss-reactive ketones (excluding diaryl/α,β-unsaturated/α-hetero) is 3. The molecule has 0 fully saturated rings. The van der Waals surface area contributed by atoms with Gasteiger partial charge in [-0.2, -0.15) is 10.5 Å². The average Bonchev–Trinajstić information content (AvgIpc) is 0.800. The summed E-state index contributed by atoms with van der Waals surface area (Å²) >= 11 is 0. The van der Waals surface area contributed by atoms with Crippen LogP contribution < -0.4 is 54.3 Å². The topological polar surface area (TPSA) is 540 Å². The highest BCUT2D eigenvalue weighted by molar-refractivity contribution is 7.93. The Labute approximate surface area is 849 Å². The lowest BCUT2D eigenvalue weighted by molar-refractivity contribution is 0.0985. The molecule has 4 amide bonds. The van der Waals surface area contributed by atoms with Crippen LogP contribution in [-0.2, 0) is 102 Å². The molecule has 762 valence electrons. The molecule has 0 radical (unpaired) electrons. The number of sulfonamides is 6. The van der Waals surface area contributed by atoms with Crippen LogP contribution >= 0.6 is 0 Å². The third-order valence-electron chi connectivity index (χ3n) is 20.1. The number of rotatable bonds is 38. The number of methoxy groups -OCH3 is 3. The van der Waals surface area contributed by atoms with Crippen LogP contribution in [0, 0.1) is 22.7 Å². The van der Waals surface area contributed by atoms with Gasteiger partial charge in [0.15, 0.2) is 17.3 Å². The minimum Gasteiger partial charge on any atom is -0.495 e. The van der Waals surface area contributed by atoms with Gasteiger partial charge < -0.3 is 40.6 Å². The molecule has 146 heavy (non-hydrogen) atoms. The number of nitriles is 2. The number of hydrogen-bond donors (Lipinski definition) is 11. The smallest absolute Gasteiger partial charge is 0.261 e. The fraction of sp³-hybridized carbons (Fsp3) is 0.171. The molecule has 0 aliphatic rings. The van der Waals surface area contributed by atoms with Gasteiger partial charge in [-0.3, -0.25) is 61.9 Å². The van der Waals surface area contributed by atoms with Gasteiger partial charge >= 0.3 is 0 Å². The molecule has 0 spiro atoms. The summed E-state index contributed by atoms with van der Waals surface area (Å²) in [7, 11) is -16.4. The molecule has 0 unspecified atom stereocenters. The number of benzene rings is 13. The van der Waals surface area contributed by atoms with Gasteiger partial charge in [0.25, 0.3) is 33.7 Å². The van der Waals surface area contributed by atoms with Gasteiger partial charge in [-0.05, 0) is 212 Å². The van der Waals surface area contributed by atoms with Crippen molar-refractivity contribution >= 4 is 158 Å². The first-order valence-electron chi connectivity index (χ1n) is 44.1. The Balaban J connectivity index is 0.000000214. The molecule has 0 aromatic heterocycles. The van der Waals surface area contributed by atoms with E-state index < -0.39 is 77.9 Å². The maximum Gasteiger partial charge on any atom is 0.261 e. The van der Waals surface area contributed by atoms with Gasteiger partial charge in [0, 0.05) is 73.1 Å². The van der Waals surface area contributed by atoms with Crippen molar-refractivity contribution in [3.63, 3.8) is 0 Å².